The Balaban J connectivity index is 1.50. The fourth-order valence-corrected chi connectivity index (χ4v) is 3.54. The van der Waals surface area contributed by atoms with E-state index in [2.05, 4.69) is 16.7 Å². The molecule has 5 nitrogen and oxygen atoms in total. The molecule has 0 atom stereocenters. The number of hydrogen-bond acceptors (Lipinski definition) is 4. The van der Waals surface area contributed by atoms with Gasteiger partial charge in [0.25, 0.3) is 5.91 Å². The van der Waals surface area contributed by atoms with Crippen LogP contribution in [0.4, 0.5) is 5.69 Å². The molecule has 6 heteroatoms. The van der Waals surface area contributed by atoms with Crippen LogP contribution in [0.15, 0.2) is 54.6 Å². The second kappa shape index (κ2) is 8.65. The number of rotatable bonds is 5. The number of carbonyl (C=O) groups is 1. The Kier molecular flexibility index (Phi) is 6.05. The molecule has 1 aliphatic carbocycles. The van der Waals surface area contributed by atoms with E-state index in [0.29, 0.717) is 5.75 Å². The van der Waals surface area contributed by atoms with Crippen molar-refractivity contribution in [3.63, 3.8) is 0 Å². The molecule has 2 aromatic rings. The summed E-state index contributed by atoms with van der Waals surface area (Å²) in [6.07, 6.45) is 4.00. The van der Waals surface area contributed by atoms with Gasteiger partial charge in [0.05, 0.1) is 11.5 Å². The first-order chi connectivity index (χ1) is 13.1. The SMILES string of the molecule is N#CC1(c2ccc(NC(=S)NC(=O)COc3ccccc3)cc2)CCCC1. The van der Waals surface area contributed by atoms with Crippen LogP contribution in [-0.4, -0.2) is 17.6 Å². The molecule has 0 radical (unpaired) electrons. The van der Waals surface area contributed by atoms with Crippen LogP contribution >= 0.6 is 12.2 Å². The van der Waals surface area contributed by atoms with Crippen LogP contribution in [0.25, 0.3) is 0 Å². The van der Waals surface area contributed by atoms with Crippen molar-refractivity contribution in [1.29, 1.82) is 5.26 Å². The Labute approximate surface area is 164 Å². The maximum Gasteiger partial charge on any atom is 0.264 e. The topological polar surface area (TPSA) is 74.2 Å². The van der Waals surface area contributed by atoms with E-state index >= 15 is 0 Å². The summed E-state index contributed by atoms with van der Waals surface area (Å²) in [6.45, 7) is -0.116. The average molecular weight is 379 g/mol. The quantitative estimate of drug-likeness (QED) is 0.771. The molecule has 0 spiro atoms. The molecule has 138 valence electrons. The molecule has 27 heavy (non-hydrogen) atoms. The third kappa shape index (κ3) is 4.83. The highest BCUT2D eigenvalue weighted by Gasteiger charge is 2.35. The van der Waals surface area contributed by atoms with E-state index < -0.39 is 0 Å². The van der Waals surface area contributed by atoms with Crippen LogP contribution in [0.3, 0.4) is 0 Å². The predicted octanol–water partition coefficient (Wildman–Crippen LogP) is 3.91. The van der Waals surface area contributed by atoms with E-state index in [1.807, 2.05) is 42.5 Å². The predicted molar refractivity (Wildman–Crippen MR) is 109 cm³/mol. The average Bonchev–Trinajstić information content (AvgIpc) is 3.18. The van der Waals surface area contributed by atoms with Gasteiger partial charge in [-0.15, -0.1) is 0 Å². The largest absolute Gasteiger partial charge is 0.484 e. The van der Waals surface area contributed by atoms with Gasteiger partial charge in [-0.25, -0.2) is 0 Å². The van der Waals surface area contributed by atoms with Crippen LogP contribution < -0.4 is 15.4 Å². The first kappa shape index (κ1) is 18.9. The zero-order chi connectivity index (χ0) is 19.1. The minimum atomic E-state index is -0.359. The van der Waals surface area contributed by atoms with Gasteiger partial charge in [-0.05, 0) is 54.9 Å². The fraction of sp³-hybridized carbons (Fsp3) is 0.286. The van der Waals surface area contributed by atoms with Crippen molar-refractivity contribution < 1.29 is 9.53 Å². The van der Waals surface area contributed by atoms with Gasteiger partial charge in [-0.3, -0.25) is 10.1 Å². The van der Waals surface area contributed by atoms with Crippen molar-refractivity contribution >= 4 is 28.9 Å². The summed E-state index contributed by atoms with van der Waals surface area (Å²) in [5.74, 6) is 0.294. The Morgan fingerprint density at radius 1 is 1.11 bits per heavy atom. The third-order valence-electron chi connectivity index (χ3n) is 4.73. The first-order valence-electron chi connectivity index (χ1n) is 8.92. The Hall–Kier alpha value is -2.91. The Bertz CT molecular complexity index is 838. The summed E-state index contributed by atoms with van der Waals surface area (Å²) < 4.78 is 5.38. The van der Waals surface area contributed by atoms with Crippen LogP contribution in [0.1, 0.15) is 31.2 Å². The van der Waals surface area contributed by atoms with Crippen molar-refractivity contribution in [2.24, 2.45) is 0 Å². The molecule has 0 bridgehead atoms. The number of thiocarbonyl (C=S) groups is 1. The molecule has 2 aromatic carbocycles. The van der Waals surface area contributed by atoms with Gasteiger partial charge in [0.1, 0.15) is 5.75 Å². The van der Waals surface area contributed by atoms with Crippen LogP contribution in [-0.2, 0) is 10.2 Å². The van der Waals surface area contributed by atoms with Crippen molar-refractivity contribution in [3.05, 3.63) is 60.2 Å². The van der Waals surface area contributed by atoms with Crippen LogP contribution in [0.2, 0.25) is 0 Å². The Morgan fingerprint density at radius 3 is 2.41 bits per heavy atom. The molecular formula is C21H21N3O2S. The van der Waals surface area contributed by atoms with Gasteiger partial charge < -0.3 is 10.1 Å². The lowest BCUT2D eigenvalue weighted by molar-refractivity contribution is -0.121. The number of nitriles is 1. The monoisotopic (exact) mass is 379 g/mol. The summed E-state index contributed by atoms with van der Waals surface area (Å²) in [5.41, 5.74) is 1.44. The minimum Gasteiger partial charge on any atom is -0.484 e. The van der Waals surface area contributed by atoms with E-state index in [9.17, 15) is 10.1 Å². The Morgan fingerprint density at radius 2 is 1.78 bits per heavy atom. The smallest absolute Gasteiger partial charge is 0.264 e. The van der Waals surface area contributed by atoms with E-state index in [1.165, 1.54) is 0 Å². The first-order valence-corrected chi connectivity index (χ1v) is 9.33. The molecule has 0 heterocycles. The second-order valence-electron chi connectivity index (χ2n) is 6.58. The lowest BCUT2D eigenvalue weighted by atomic mass is 9.80. The van der Waals surface area contributed by atoms with E-state index in [1.54, 1.807) is 12.1 Å². The van der Waals surface area contributed by atoms with Gasteiger partial charge in [-0.2, -0.15) is 5.26 Å². The molecule has 1 fully saturated rings. The molecule has 2 N–H and O–H groups in total. The van der Waals surface area contributed by atoms with Crippen molar-refractivity contribution in [1.82, 2.24) is 5.32 Å². The number of benzene rings is 2. The zero-order valence-corrected chi connectivity index (χ0v) is 15.7. The number of anilines is 1. The highest BCUT2D eigenvalue weighted by molar-refractivity contribution is 7.80. The van der Waals surface area contributed by atoms with Crippen molar-refractivity contribution in [2.75, 3.05) is 11.9 Å². The van der Waals surface area contributed by atoms with Gasteiger partial charge in [0.15, 0.2) is 11.7 Å². The van der Waals surface area contributed by atoms with Gasteiger partial charge in [-0.1, -0.05) is 43.2 Å². The zero-order valence-electron chi connectivity index (χ0n) is 14.9. The highest BCUT2D eigenvalue weighted by Crippen LogP contribution is 2.40. The van der Waals surface area contributed by atoms with E-state index in [-0.39, 0.29) is 23.0 Å². The lowest BCUT2D eigenvalue weighted by Crippen LogP contribution is -2.37. The van der Waals surface area contributed by atoms with Crippen LogP contribution in [0.5, 0.6) is 5.75 Å². The number of hydrogen-bond donors (Lipinski definition) is 2. The number of carbonyl (C=O) groups excluding carboxylic acids is 1. The molecule has 3 rings (SSSR count). The van der Waals surface area contributed by atoms with Gasteiger partial charge in [0.2, 0.25) is 0 Å². The minimum absolute atomic E-state index is 0.116. The highest BCUT2D eigenvalue weighted by atomic mass is 32.1. The molecule has 1 aliphatic rings. The third-order valence-corrected chi connectivity index (χ3v) is 4.94. The standard InChI is InChI=1S/C21H21N3O2S/c22-15-21(12-4-5-13-21)16-8-10-17(11-9-16)23-20(27)24-19(25)14-26-18-6-2-1-3-7-18/h1-3,6-11H,4-5,12-14H2,(H2,23,24,25,27). The fourth-order valence-electron chi connectivity index (χ4n) is 3.31. The number of amides is 1. The maximum atomic E-state index is 11.9. The summed E-state index contributed by atoms with van der Waals surface area (Å²) in [5, 5.41) is 15.4. The maximum absolute atomic E-state index is 11.9. The molecule has 0 aliphatic heterocycles. The summed E-state index contributed by atoms with van der Waals surface area (Å²) in [4.78, 5) is 11.9. The number of nitrogens with zero attached hydrogens (tertiary/aromatic N) is 1. The lowest BCUT2D eigenvalue weighted by Gasteiger charge is -2.21. The van der Waals surface area contributed by atoms with Gasteiger partial charge in [0, 0.05) is 5.69 Å². The summed E-state index contributed by atoms with van der Waals surface area (Å²) in [7, 11) is 0. The molecule has 0 unspecified atom stereocenters. The van der Waals surface area contributed by atoms with Crippen LogP contribution in [0, 0.1) is 11.3 Å². The van der Waals surface area contributed by atoms with Crippen molar-refractivity contribution in [2.45, 2.75) is 31.1 Å². The molecule has 0 aromatic heterocycles. The summed E-state index contributed by atoms with van der Waals surface area (Å²) in [6, 6.07) is 19.3. The second-order valence-corrected chi connectivity index (χ2v) is 6.99. The van der Waals surface area contributed by atoms with E-state index in [0.717, 1.165) is 36.9 Å². The van der Waals surface area contributed by atoms with Crippen molar-refractivity contribution in [3.8, 4) is 11.8 Å². The molecule has 1 amide bonds. The molecule has 0 saturated heterocycles. The summed E-state index contributed by atoms with van der Waals surface area (Å²) >= 11 is 5.18. The molecule has 1 saturated carbocycles. The number of ether oxygens (including phenoxy) is 1. The van der Waals surface area contributed by atoms with Gasteiger partial charge >= 0.3 is 0 Å². The normalized spacial score (nSPS) is 14.8. The number of para-hydroxylation sites is 1. The molecular weight excluding hydrogens is 358 g/mol. The van der Waals surface area contributed by atoms with E-state index in [4.69, 9.17) is 17.0 Å². The number of nitrogens with one attached hydrogen (secondary N) is 2.